The first-order chi connectivity index (χ1) is 10.7. The summed E-state index contributed by atoms with van der Waals surface area (Å²) in [5.41, 5.74) is 3.28. The van der Waals surface area contributed by atoms with Crippen LogP contribution >= 0.6 is 15.9 Å². The van der Waals surface area contributed by atoms with E-state index in [1.807, 2.05) is 18.2 Å². The lowest BCUT2D eigenvalue weighted by atomic mass is 10.1. The molecule has 112 valence electrons. The van der Waals surface area contributed by atoms with Crippen LogP contribution in [0.4, 0.5) is 0 Å². The topological polar surface area (TPSA) is 81.3 Å². The molecule has 0 fully saturated rings. The van der Waals surface area contributed by atoms with Gasteiger partial charge in [0.15, 0.2) is 0 Å². The molecule has 0 saturated heterocycles. The molecule has 1 aromatic heterocycles. The molecule has 2 aromatic rings. The van der Waals surface area contributed by atoms with Gasteiger partial charge in [0.25, 0.3) is 0 Å². The third kappa shape index (κ3) is 3.01. The van der Waals surface area contributed by atoms with Crippen LogP contribution in [-0.2, 0) is 6.54 Å². The van der Waals surface area contributed by atoms with Crippen LogP contribution in [0.15, 0.2) is 64.6 Å². The summed E-state index contributed by atoms with van der Waals surface area (Å²) < 4.78 is 2.22. The van der Waals surface area contributed by atoms with Crippen molar-refractivity contribution >= 4 is 32.7 Å². The van der Waals surface area contributed by atoms with Crippen molar-refractivity contribution in [3.8, 4) is 0 Å². The van der Waals surface area contributed by atoms with Crippen LogP contribution in [-0.4, -0.2) is 15.2 Å². The number of fused-ring (bicyclic) bond motifs is 1. The normalized spacial score (nSPS) is 18.0. The van der Waals surface area contributed by atoms with E-state index in [9.17, 15) is 0 Å². The quantitative estimate of drug-likeness (QED) is 0.216. The number of alkyl halides is 1. The molecule has 3 rings (SSSR count). The van der Waals surface area contributed by atoms with E-state index in [1.165, 1.54) is 5.57 Å². The molecule has 0 saturated carbocycles. The van der Waals surface area contributed by atoms with Crippen molar-refractivity contribution in [2.75, 3.05) is 0 Å². The first-order valence-electron chi connectivity index (χ1n) is 7.01. The van der Waals surface area contributed by atoms with E-state index in [-0.39, 0.29) is 0 Å². The zero-order valence-corrected chi connectivity index (χ0v) is 13.6. The average molecular weight is 359 g/mol. The number of nitrogens with two attached hydrogens (primary N) is 2. The molecule has 1 aliphatic rings. The third-order valence-corrected chi connectivity index (χ3v) is 4.31. The lowest BCUT2D eigenvalue weighted by Crippen LogP contribution is -2.38. The second-order valence-corrected chi connectivity index (χ2v) is 6.39. The van der Waals surface area contributed by atoms with Crippen molar-refractivity contribution in [2.24, 2.45) is 16.2 Å². The van der Waals surface area contributed by atoms with Gasteiger partial charge in [-0.25, -0.2) is 0 Å². The molecule has 1 unspecified atom stereocenters. The van der Waals surface area contributed by atoms with Crippen LogP contribution in [0.25, 0.3) is 10.9 Å². The highest BCUT2D eigenvalue weighted by Crippen LogP contribution is 2.22. The SMILES string of the molecule is NN=NC(=[NH2+])c1ccc2c(ccn2CC2=CC(Br)CC=C2)c1. The molecule has 4 N–H and O–H groups in total. The third-order valence-electron chi connectivity index (χ3n) is 3.67. The molecule has 0 radical (unpaired) electrons. The Hall–Kier alpha value is -2.21. The van der Waals surface area contributed by atoms with Crippen LogP contribution in [0.3, 0.4) is 0 Å². The van der Waals surface area contributed by atoms with E-state index < -0.39 is 0 Å². The fourth-order valence-corrected chi connectivity index (χ4v) is 3.18. The zero-order valence-electron chi connectivity index (χ0n) is 12.0. The van der Waals surface area contributed by atoms with Crippen LogP contribution in [0.2, 0.25) is 0 Å². The Morgan fingerprint density at radius 1 is 1.41 bits per heavy atom. The van der Waals surface area contributed by atoms with Crippen LogP contribution in [0.1, 0.15) is 12.0 Å². The number of allylic oxidation sites excluding steroid dienone is 4. The lowest BCUT2D eigenvalue weighted by Gasteiger charge is -2.12. The van der Waals surface area contributed by atoms with Gasteiger partial charge in [0.05, 0.1) is 10.7 Å². The molecule has 6 heteroatoms. The molecular formula is C16H17BrN5+. The van der Waals surface area contributed by atoms with Gasteiger partial charge in [-0.1, -0.05) is 34.2 Å². The van der Waals surface area contributed by atoms with Gasteiger partial charge < -0.3 is 4.57 Å². The number of hydrogen-bond donors (Lipinski definition) is 2. The van der Waals surface area contributed by atoms with Crippen LogP contribution in [0, 0.1) is 0 Å². The molecular weight excluding hydrogens is 342 g/mol. The Balaban J connectivity index is 1.90. The van der Waals surface area contributed by atoms with Gasteiger partial charge in [0.1, 0.15) is 0 Å². The van der Waals surface area contributed by atoms with Crippen molar-refractivity contribution in [3.63, 3.8) is 0 Å². The molecule has 1 aliphatic carbocycles. The molecule has 0 amide bonds. The summed E-state index contributed by atoms with van der Waals surface area (Å²) in [5, 5.41) is 13.8. The van der Waals surface area contributed by atoms with E-state index in [0.717, 1.165) is 29.4 Å². The van der Waals surface area contributed by atoms with Crippen molar-refractivity contribution in [1.29, 1.82) is 0 Å². The Labute approximate surface area is 136 Å². The monoisotopic (exact) mass is 358 g/mol. The number of hydrogen-bond acceptors (Lipinski definition) is 1. The number of benzene rings is 1. The summed E-state index contributed by atoms with van der Waals surface area (Å²) in [4.78, 5) is 0.428. The van der Waals surface area contributed by atoms with Gasteiger partial charge in [0.2, 0.25) is 0 Å². The predicted molar refractivity (Wildman–Crippen MR) is 91.6 cm³/mol. The fourth-order valence-electron chi connectivity index (χ4n) is 2.62. The van der Waals surface area contributed by atoms with Crippen LogP contribution < -0.4 is 11.3 Å². The highest BCUT2D eigenvalue weighted by atomic mass is 79.9. The van der Waals surface area contributed by atoms with Gasteiger partial charge in [-0.15, -0.1) is 0 Å². The smallest absolute Gasteiger partial charge is 0.343 e. The van der Waals surface area contributed by atoms with Crippen molar-refractivity contribution in [3.05, 3.63) is 59.8 Å². The van der Waals surface area contributed by atoms with Gasteiger partial charge in [-0.05, 0) is 36.3 Å². The Bertz CT molecular complexity index is 800. The van der Waals surface area contributed by atoms with E-state index in [1.54, 1.807) is 0 Å². The van der Waals surface area contributed by atoms with E-state index in [0.29, 0.717) is 10.7 Å². The van der Waals surface area contributed by atoms with Gasteiger partial charge in [0, 0.05) is 33.7 Å². The number of rotatable bonds is 3. The highest BCUT2D eigenvalue weighted by molar-refractivity contribution is 9.09. The summed E-state index contributed by atoms with van der Waals surface area (Å²) in [7, 11) is 0. The Morgan fingerprint density at radius 2 is 2.27 bits per heavy atom. The fraction of sp³-hybridized carbons (Fsp3) is 0.188. The summed E-state index contributed by atoms with van der Waals surface area (Å²) in [5.74, 6) is 5.35. The second kappa shape index (κ2) is 6.27. The first-order valence-corrected chi connectivity index (χ1v) is 7.93. The van der Waals surface area contributed by atoms with E-state index in [4.69, 9.17) is 11.3 Å². The van der Waals surface area contributed by atoms with Crippen molar-refractivity contribution < 1.29 is 5.41 Å². The molecule has 0 aliphatic heterocycles. The molecule has 0 spiro atoms. The maximum atomic E-state index is 5.81. The minimum Gasteiger partial charge on any atom is -0.343 e. The molecule has 5 nitrogen and oxygen atoms in total. The summed E-state index contributed by atoms with van der Waals surface area (Å²) in [6, 6.07) is 8.04. The molecule has 1 aromatic carbocycles. The molecule has 0 bridgehead atoms. The maximum absolute atomic E-state index is 5.81. The summed E-state index contributed by atoms with van der Waals surface area (Å²) in [6.45, 7) is 0.850. The number of aromatic nitrogens is 1. The Kier molecular flexibility index (Phi) is 4.20. The van der Waals surface area contributed by atoms with Gasteiger partial charge >= 0.3 is 5.84 Å². The van der Waals surface area contributed by atoms with Gasteiger partial charge in [-0.2, -0.15) is 0 Å². The first kappa shape index (κ1) is 14.7. The second-order valence-electron chi connectivity index (χ2n) is 5.21. The number of amidine groups is 1. The minimum atomic E-state index is 0.317. The zero-order chi connectivity index (χ0) is 15.5. The minimum absolute atomic E-state index is 0.317. The molecule has 1 heterocycles. The predicted octanol–water partition coefficient (Wildman–Crippen LogP) is 2.12. The lowest BCUT2D eigenvalue weighted by molar-refractivity contribution is -0.114. The summed E-state index contributed by atoms with van der Waals surface area (Å²) >= 11 is 3.64. The molecule has 1 atom stereocenters. The maximum Gasteiger partial charge on any atom is 0.350 e. The van der Waals surface area contributed by atoms with Gasteiger partial charge in [-0.3, -0.25) is 11.3 Å². The van der Waals surface area contributed by atoms with E-state index in [2.05, 4.69) is 61.3 Å². The summed E-state index contributed by atoms with van der Waals surface area (Å²) in [6.07, 6.45) is 9.77. The van der Waals surface area contributed by atoms with Crippen molar-refractivity contribution in [2.45, 2.75) is 17.8 Å². The highest BCUT2D eigenvalue weighted by Gasteiger charge is 2.12. The standard InChI is InChI=1S/C16H16BrN5/c17-14-3-1-2-11(8-14)10-22-7-6-12-9-13(4-5-15(12)22)16(18)20-21-19/h1-2,4-9,14H,3,10H2,(H3,18,19,20)/p+1. The van der Waals surface area contributed by atoms with Crippen molar-refractivity contribution in [1.82, 2.24) is 4.57 Å². The number of halogens is 1. The number of nitrogens with zero attached hydrogens (tertiary/aromatic N) is 3. The largest absolute Gasteiger partial charge is 0.350 e. The Morgan fingerprint density at radius 3 is 3.05 bits per heavy atom. The molecule has 22 heavy (non-hydrogen) atoms. The average Bonchev–Trinajstić information content (AvgIpc) is 2.90. The van der Waals surface area contributed by atoms with E-state index >= 15 is 0 Å². The van der Waals surface area contributed by atoms with Crippen LogP contribution in [0.5, 0.6) is 0 Å².